The number of nitrogens with one attached hydrogen (secondary N) is 2. The minimum atomic E-state index is -3.45. The number of rotatable bonds is 13. The largest absolute Gasteiger partial charge is 0.462 e. The molecule has 39 heavy (non-hydrogen) atoms. The van der Waals surface area contributed by atoms with Gasteiger partial charge >= 0.3 is 18.3 Å². The van der Waals surface area contributed by atoms with Crippen molar-refractivity contribution in [2.24, 2.45) is 0 Å². The number of H-pyrrole nitrogens is 1. The average molecular weight is 586 g/mol. The first kappa shape index (κ1) is 31.2. The summed E-state index contributed by atoms with van der Waals surface area (Å²) in [5.41, 5.74) is -3.27. The van der Waals surface area contributed by atoms with Crippen molar-refractivity contribution in [1.82, 2.24) is 14.6 Å². The standard InChI is InChI=1S/C25H36N3O9PS/c1-5-6-13-25(33)21(30)19(36-23(25)28-14-12-20(29)26-24(28)32)15-34-38(39,37-18-10-8-7-9-11-18)27-17(4)22(31)35-16(2)3/h7-12,14,16-17,19,21,23,30,33H,5-6,13,15H2,1-4H3,(H,27,39)(H,26,29,32)/t17-,19+,21+,23+,25+,38?/m0/s1. The average Bonchev–Trinajstić information content (AvgIpc) is 3.11. The van der Waals surface area contributed by atoms with E-state index < -0.39 is 53.9 Å². The molecular formula is C25H36N3O9PS. The lowest BCUT2D eigenvalue weighted by atomic mass is 9.88. The molecule has 1 saturated heterocycles. The third-order valence-corrected chi connectivity index (χ3v) is 8.56. The fourth-order valence-electron chi connectivity index (χ4n) is 4.11. The Bertz CT molecular complexity index is 1270. The lowest BCUT2D eigenvalue weighted by Crippen LogP contribution is -2.49. The number of hydrogen-bond donors (Lipinski definition) is 4. The molecule has 216 valence electrons. The molecule has 1 aliphatic rings. The van der Waals surface area contributed by atoms with Gasteiger partial charge in [-0.05, 0) is 51.1 Å². The molecule has 0 aliphatic carbocycles. The third kappa shape index (κ3) is 7.85. The van der Waals surface area contributed by atoms with E-state index in [1.165, 1.54) is 6.20 Å². The Morgan fingerprint density at radius 3 is 2.56 bits per heavy atom. The highest BCUT2D eigenvalue weighted by Gasteiger charge is 2.56. The number of ether oxygens (including phenoxy) is 2. The highest BCUT2D eigenvalue weighted by Crippen LogP contribution is 2.48. The van der Waals surface area contributed by atoms with Gasteiger partial charge < -0.3 is 28.7 Å². The number of carbonyl (C=O) groups is 1. The van der Waals surface area contributed by atoms with Crippen molar-refractivity contribution in [3.05, 3.63) is 63.4 Å². The van der Waals surface area contributed by atoms with Crippen molar-refractivity contribution < 1.29 is 33.5 Å². The highest BCUT2D eigenvalue weighted by molar-refractivity contribution is 8.09. The molecule has 1 unspecified atom stereocenters. The van der Waals surface area contributed by atoms with Crippen LogP contribution in [0.4, 0.5) is 0 Å². The smallest absolute Gasteiger partial charge is 0.330 e. The Hall–Kier alpha value is -2.38. The molecular weight excluding hydrogens is 549 g/mol. The van der Waals surface area contributed by atoms with Gasteiger partial charge in [0.2, 0.25) is 0 Å². The number of esters is 1. The second-order valence-electron chi connectivity index (χ2n) is 9.62. The van der Waals surface area contributed by atoms with Gasteiger partial charge in [-0.1, -0.05) is 38.0 Å². The van der Waals surface area contributed by atoms with E-state index in [9.17, 15) is 24.6 Å². The first-order valence-electron chi connectivity index (χ1n) is 12.7. The van der Waals surface area contributed by atoms with Gasteiger partial charge in [0.1, 0.15) is 29.6 Å². The van der Waals surface area contributed by atoms with Gasteiger partial charge in [0.25, 0.3) is 5.56 Å². The molecule has 1 fully saturated rings. The monoisotopic (exact) mass is 585 g/mol. The summed E-state index contributed by atoms with van der Waals surface area (Å²) in [6.07, 6.45) is -1.69. The van der Waals surface area contributed by atoms with Gasteiger partial charge in [0, 0.05) is 12.3 Å². The molecule has 12 nitrogen and oxygen atoms in total. The van der Waals surface area contributed by atoms with E-state index >= 15 is 0 Å². The van der Waals surface area contributed by atoms with Gasteiger partial charge in [0.05, 0.1) is 12.7 Å². The van der Waals surface area contributed by atoms with Crippen LogP contribution in [0, 0.1) is 0 Å². The summed E-state index contributed by atoms with van der Waals surface area (Å²) in [6.45, 7) is 3.13. The summed E-state index contributed by atoms with van der Waals surface area (Å²) in [4.78, 5) is 38.7. The number of para-hydroxylation sites is 1. The zero-order chi connectivity index (χ0) is 28.8. The first-order chi connectivity index (χ1) is 18.4. The van der Waals surface area contributed by atoms with Gasteiger partial charge in [-0.3, -0.25) is 19.1 Å². The zero-order valence-corrected chi connectivity index (χ0v) is 24.0. The van der Waals surface area contributed by atoms with Crippen molar-refractivity contribution >= 4 is 24.4 Å². The Balaban J connectivity index is 1.86. The summed E-state index contributed by atoms with van der Waals surface area (Å²) < 4.78 is 24.2. The predicted molar refractivity (Wildman–Crippen MR) is 147 cm³/mol. The number of aliphatic hydroxyl groups is 2. The maximum Gasteiger partial charge on any atom is 0.330 e. The number of carbonyl (C=O) groups excluding carboxylic acids is 1. The molecule has 1 aromatic carbocycles. The van der Waals surface area contributed by atoms with Crippen LogP contribution in [0.15, 0.2) is 52.2 Å². The number of aliphatic hydroxyl groups excluding tert-OH is 1. The Morgan fingerprint density at radius 2 is 1.95 bits per heavy atom. The summed E-state index contributed by atoms with van der Waals surface area (Å²) in [5, 5.41) is 25.6. The van der Waals surface area contributed by atoms with E-state index in [1.54, 1.807) is 51.1 Å². The van der Waals surface area contributed by atoms with Crippen molar-refractivity contribution in [3.8, 4) is 5.75 Å². The van der Waals surface area contributed by atoms with E-state index in [0.29, 0.717) is 18.6 Å². The Kier molecular flexibility index (Phi) is 10.6. The van der Waals surface area contributed by atoms with Crippen molar-refractivity contribution in [3.63, 3.8) is 0 Å². The van der Waals surface area contributed by atoms with E-state index in [0.717, 1.165) is 10.6 Å². The molecule has 0 saturated carbocycles. The molecule has 1 aliphatic heterocycles. The number of hydrogen-bond acceptors (Lipinski definition) is 10. The molecule has 6 atom stereocenters. The molecule has 14 heteroatoms. The second kappa shape index (κ2) is 13.3. The van der Waals surface area contributed by atoms with Crippen molar-refractivity contribution in [1.29, 1.82) is 0 Å². The van der Waals surface area contributed by atoms with Crippen LogP contribution in [0.1, 0.15) is 53.2 Å². The van der Waals surface area contributed by atoms with Crippen LogP contribution in [-0.2, 0) is 30.6 Å². The lowest BCUT2D eigenvalue weighted by molar-refractivity contribution is -0.149. The van der Waals surface area contributed by atoms with Crippen LogP contribution in [-0.4, -0.2) is 62.3 Å². The predicted octanol–water partition coefficient (Wildman–Crippen LogP) is 1.97. The Morgan fingerprint density at radius 1 is 1.26 bits per heavy atom. The first-order valence-corrected chi connectivity index (χ1v) is 15.4. The van der Waals surface area contributed by atoms with Gasteiger partial charge in [-0.15, -0.1) is 0 Å². The zero-order valence-electron chi connectivity index (χ0n) is 22.3. The molecule has 0 bridgehead atoms. The highest BCUT2D eigenvalue weighted by atomic mass is 32.5. The lowest BCUT2D eigenvalue weighted by Gasteiger charge is -2.32. The molecule has 3 rings (SSSR count). The molecule has 0 amide bonds. The molecule has 0 radical (unpaired) electrons. The van der Waals surface area contributed by atoms with Crippen LogP contribution >= 0.6 is 6.64 Å². The third-order valence-electron chi connectivity index (χ3n) is 6.06. The summed E-state index contributed by atoms with van der Waals surface area (Å²) in [7, 11) is 0. The fourth-order valence-corrected chi connectivity index (χ4v) is 6.53. The second-order valence-corrected chi connectivity index (χ2v) is 12.8. The normalized spacial score (nSPS) is 25.3. The van der Waals surface area contributed by atoms with Crippen molar-refractivity contribution in [2.45, 2.75) is 83.1 Å². The van der Waals surface area contributed by atoms with Gasteiger partial charge in [0.15, 0.2) is 6.23 Å². The van der Waals surface area contributed by atoms with E-state index in [-0.39, 0.29) is 19.1 Å². The van der Waals surface area contributed by atoms with Gasteiger partial charge in [-0.25, -0.2) is 9.88 Å². The maximum absolute atomic E-state index is 12.5. The van der Waals surface area contributed by atoms with Crippen LogP contribution in [0.2, 0.25) is 0 Å². The SMILES string of the molecule is CCCC[C@@]1(O)[C@H](O)[C@@H](COP(=S)(N[C@@H](C)C(=O)OC(C)C)Oc2ccccc2)O[C@H]1n1ccc(=O)[nH]c1=O. The van der Waals surface area contributed by atoms with Crippen LogP contribution in [0.5, 0.6) is 5.75 Å². The molecule has 4 N–H and O–H groups in total. The summed E-state index contributed by atoms with van der Waals surface area (Å²) in [6, 6.07) is 8.87. The Labute approximate surface area is 231 Å². The number of aromatic amines is 1. The molecule has 2 aromatic rings. The topological polar surface area (TPSA) is 161 Å². The van der Waals surface area contributed by atoms with Crippen LogP contribution < -0.4 is 20.9 Å². The number of unbranched alkanes of at least 4 members (excludes halogenated alkanes) is 1. The summed E-state index contributed by atoms with van der Waals surface area (Å²) in [5.74, 6) is -0.161. The fraction of sp³-hybridized carbons (Fsp3) is 0.560. The van der Waals surface area contributed by atoms with Crippen LogP contribution in [0.3, 0.4) is 0 Å². The van der Waals surface area contributed by atoms with Crippen molar-refractivity contribution in [2.75, 3.05) is 6.61 Å². The number of nitrogens with zero attached hydrogens (tertiary/aromatic N) is 1. The molecule has 2 heterocycles. The molecule has 0 spiro atoms. The van der Waals surface area contributed by atoms with E-state index in [4.69, 9.17) is 30.3 Å². The maximum atomic E-state index is 12.5. The van der Waals surface area contributed by atoms with Gasteiger partial charge in [-0.2, -0.15) is 0 Å². The summed E-state index contributed by atoms with van der Waals surface area (Å²) >= 11 is 5.70. The minimum Gasteiger partial charge on any atom is -0.462 e. The number of benzene rings is 1. The van der Waals surface area contributed by atoms with E-state index in [2.05, 4.69) is 10.1 Å². The minimum absolute atomic E-state index is 0.113. The number of aromatic nitrogens is 2. The quantitative estimate of drug-likeness (QED) is 0.201. The van der Waals surface area contributed by atoms with Crippen LogP contribution in [0.25, 0.3) is 0 Å². The molecule has 1 aromatic heterocycles. The van der Waals surface area contributed by atoms with E-state index in [1.807, 2.05) is 6.92 Å².